The van der Waals surface area contributed by atoms with Crippen molar-refractivity contribution >= 4 is 33.2 Å². The molecule has 162 valence electrons. The second-order valence-electron chi connectivity index (χ2n) is 7.62. The highest BCUT2D eigenvalue weighted by Gasteiger charge is 2.29. The highest BCUT2D eigenvalue weighted by molar-refractivity contribution is 7.89. The van der Waals surface area contributed by atoms with Crippen molar-refractivity contribution in [3.63, 3.8) is 0 Å². The summed E-state index contributed by atoms with van der Waals surface area (Å²) >= 11 is 5.94. The summed E-state index contributed by atoms with van der Waals surface area (Å²) in [5, 5.41) is 3.38. The Morgan fingerprint density at radius 1 is 1.10 bits per heavy atom. The number of hydrogen-bond acceptors (Lipinski definition) is 4. The molecule has 1 amide bonds. The summed E-state index contributed by atoms with van der Waals surface area (Å²) in [5.41, 5.74) is 1.79. The van der Waals surface area contributed by atoms with E-state index in [1.165, 1.54) is 4.31 Å². The van der Waals surface area contributed by atoms with Gasteiger partial charge in [0.25, 0.3) is 0 Å². The SMILES string of the molecule is CC[C@H](C)c1ccc(S(=O)(=O)N2CCN(CC(=O)Nc3cccc(Cl)c3)CC2)cc1. The first-order valence-corrected chi connectivity index (χ1v) is 12.0. The Kier molecular flexibility index (Phi) is 7.52. The number of hydrogen-bond donors (Lipinski definition) is 1. The first-order valence-electron chi connectivity index (χ1n) is 10.2. The number of nitrogens with zero attached hydrogens (tertiary/aromatic N) is 2. The van der Waals surface area contributed by atoms with Crippen molar-refractivity contribution in [1.29, 1.82) is 0 Å². The normalized spacial score (nSPS) is 16.9. The number of carbonyl (C=O) groups is 1. The van der Waals surface area contributed by atoms with Crippen LogP contribution in [0.1, 0.15) is 31.7 Å². The number of piperazine rings is 1. The molecule has 8 heteroatoms. The van der Waals surface area contributed by atoms with Gasteiger partial charge in [0.15, 0.2) is 0 Å². The van der Waals surface area contributed by atoms with Crippen molar-refractivity contribution < 1.29 is 13.2 Å². The van der Waals surface area contributed by atoms with Crippen molar-refractivity contribution in [3.8, 4) is 0 Å². The molecule has 3 rings (SSSR count). The summed E-state index contributed by atoms with van der Waals surface area (Å²) in [6.45, 7) is 6.19. The third-order valence-corrected chi connectivity index (χ3v) is 7.65. The van der Waals surface area contributed by atoms with Crippen molar-refractivity contribution in [2.24, 2.45) is 0 Å². The molecule has 2 aromatic carbocycles. The number of carbonyl (C=O) groups excluding carboxylic acids is 1. The number of halogens is 1. The monoisotopic (exact) mass is 449 g/mol. The molecule has 6 nitrogen and oxygen atoms in total. The molecule has 0 spiro atoms. The van der Waals surface area contributed by atoms with Gasteiger partial charge in [-0.05, 0) is 48.2 Å². The summed E-state index contributed by atoms with van der Waals surface area (Å²) in [7, 11) is -3.52. The topological polar surface area (TPSA) is 69.7 Å². The van der Waals surface area contributed by atoms with Crippen LogP contribution in [0.3, 0.4) is 0 Å². The molecule has 1 N–H and O–H groups in total. The van der Waals surface area contributed by atoms with Gasteiger partial charge in [0, 0.05) is 36.9 Å². The van der Waals surface area contributed by atoms with Crippen LogP contribution in [-0.2, 0) is 14.8 Å². The lowest BCUT2D eigenvalue weighted by atomic mass is 9.99. The molecule has 2 aromatic rings. The van der Waals surface area contributed by atoms with Crippen LogP contribution in [0.25, 0.3) is 0 Å². The largest absolute Gasteiger partial charge is 0.325 e. The Labute approximate surface area is 183 Å². The molecule has 0 aliphatic carbocycles. The lowest BCUT2D eigenvalue weighted by molar-refractivity contribution is -0.117. The van der Waals surface area contributed by atoms with Gasteiger partial charge in [-0.15, -0.1) is 0 Å². The van der Waals surface area contributed by atoms with Gasteiger partial charge < -0.3 is 5.32 Å². The lowest BCUT2D eigenvalue weighted by Crippen LogP contribution is -2.50. The average molecular weight is 450 g/mol. The zero-order chi connectivity index (χ0) is 21.7. The van der Waals surface area contributed by atoms with E-state index >= 15 is 0 Å². The maximum atomic E-state index is 13.0. The summed E-state index contributed by atoms with van der Waals surface area (Å²) in [6.07, 6.45) is 1.01. The number of benzene rings is 2. The first-order chi connectivity index (χ1) is 14.3. The Bertz CT molecular complexity index is 971. The van der Waals surface area contributed by atoms with Crippen LogP contribution in [0.15, 0.2) is 53.4 Å². The molecule has 1 atom stereocenters. The molecular weight excluding hydrogens is 422 g/mol. The number of sulfonamides is 1. The van der Waals surface area contributed by atoms with Crippen LogP contribution in [0.5, 0.6) is 0 Å². The smallest absolute Gasteiger partial charge is 0.243 e. The van der Waals surface area contributed by atoms with Gasteiger partial charge in [0.05, 0.1) is 11.4 Å². The van der Waals surface area contributed by atoms with Crippen molar-refractivity contribution in [2.45, 2.75) is 31.1 Å². The zero-order valence-corrected chi connectivity index (χ0v) is 18.9. The molecule has 0 unspecified atom stereocenters. The van der Waals surface area contributed by atoms with Crippen LogP contribution >= 0.6 is 11.6 Å². The van der Waals surface area contributed by atoms with E-state index in [0.29, 0.717) is 47.7 Å². The molecule has 1 fully saturated rings. The van der Waals surface area contributed by atoms with Crippen LogP contribution in [-0.4, -0.2) is 56.3 Å². The number of rotatable bonds is 7. The second-order valence-corrected chi connectivity index (χ2v) is 9.99. The predicted octanol–water partition coefficient (Wildman–Crippen LogP) is 3.80. The van der Waals surface area contributed by atoms with Crippen LogP contribution in [0.2, 0.25) is 5.02 Å². The van der Waals surface area contributed by atoms with Gasteiger partial charge in [-0.1, -0.05) is 43.6 Å². The van der Waals surface area contributed by atoms with Gasteiger partial charge in [0.2, 0.25) is 15.9 Å². The van der Waals surface area contributed by atoms with Crippen LogP contribution < -0.4 is 5.32 Å². The predicted molar refractivity (Wildman–Crippen MR) is 120 cm³/mol. The highest BCUT2D eigenvalue weighted by Crippen LogP contribution is 2.23. The molecule has 0 radical (unpaired) electrons. The van der Waals surface area contributed by atoms with Gasteiger partial charge in [0.1, 0.15) is 0 Å². The molecule has 1 heterocycles. The fourth-order valence-corrected chi connectivity index (χ4v) is 5.06. The van der Waals surface area contributed by atoms with E-state index in [4.69, 9.17) is 11.6 Å². The van der Waals surface area contributed by atoms with Gasteiger partial charge in [-0.25, -0.2) is 8.42 Å². The Morgan fingerprint density at radius 3 is 2.37 bits per heavy atom. The fraction of sp³-hybridized carbons (Fsp3) is 0.409. The zero-order valence-electron chi connectivity index (χ0n) is 17.3. The molecule has 0 saturated carbocycles. The van der Waals surface area contributed by atoms with E-state index in [9.17, 15) is 13.2 Å². The minimum absolute atomic E-state index is 0.144. The minimum Gasteiger partial charge on any atom is -0.325 e. The van der Waals surface area contributed by atoms with Crippen LogP contribution in [0, 0.1) is 0 Å². The quantitative estimate of drug-likeness (QED) is 0.698. The number of nitrogens with one attached hydrogen (secondary N) is 1. The van der Waals surface area contributed by atoms with E-state index in [1.807, 2.05) is 17.0 Å². The lowest BCUT2D eigenvalue weighted by Gasteiger charge is -2.33. The molecule has 1 aliphatic rings. The van der Waals surface area contributed by atoms with E-state index in [0.717, 1.165) is 12.0 Å². The fourth-order valence-electron chi connectivity index (χ4n) is 3.45. The second kappa shape index (κ2) is 9.92. The van der Waals surface area contributed by atoms with Crippen molar-refractivity contribution in [1.82, 2.24) is 9.21 Å². The molecule has 0 aromatic heterocycles. The Morgan fingerprint density at radius 2 is 1.77 bits per heavy atom. The Balaban J connectivity index is 1.54. The summed E-state index contributed by atoms with van der Waals surface area (Å²) in [5.74, 6) is 0.262. The number of amides is 1. The van der Waals surface area contributed by atoms with E-state index < -0.39 is 10.0 Å². The maximum absolute atomic E-state index is 13.0. The van der Waals surface area contributed by atoms with Crippen molar-refractivity contribution in [2.75, 3.05) is 38.0 Å². The summed E-state index contributed by atoms with van der Waals surface area (Å²) in [4.78, 5) is 14.6. The van der Waals surface area contributed by atoms with Gasteiger partial charge in [-0.2, -0.15) is 4.31 Å². The van der Waals surface area contributed by atoms with Gasteiger partial charge in [-0.3, -0.25) is 9.69 Å². The van der Waals surface area contributed by atoms with Crippen LogP contribution in [0.4, 0.5) is 5.69 Å². The minimum atomic E-state index is -3.52. The average Bonchev–Trinajstić information content (AvgIpc) is 2.73. The standard InChI is InChI=1S/C22H28ClN3O3S/c1-3-17(2)18-7-9-21(10-8-18)30(28,29)26-13-11-25(12-14-26)16-22(27)24-20-6-4-5-19(23)15-20/h4-10,15,17H,3,11-14,16H2,1-2H3,(H,24,27)/t17-/m0/s1. The molecular formula is C22H28ClN3O3S. The summed E-state index contributed by atoms with van der Waals surface area (Å²) in [6, 6.07) is 14.2. The van der Waals surface area contributed by atoms with Crippen molar-refractivity contribution in [3.05, 3.63) is 59.1 Å². The third-order valence-electron chi connectivity index (χ3n) is 5.51. The maximum Gasteiger partial charge on any atom is 0.243 e. The summed E-state index contributed by atoms with van der Waals surface area (Å²) < 4.78 is 27.4. The Hall–Kier alpha value is -1.93. The first kappa shape index (κ1) is 22.7. The highest BCUT2D eigenvalue weighted by atomic mass is 35.5. The number of anilines is 1. The molecule has 0 bridgehead atoms. The molecule has 1 aliphatic heterocycles. The third kappa shape index (κ3) is 5.60. The molecule has 30 heavy (non-hydrogen) atoms. The van der Waals surface area contributed by atoms with Gasteiger partial charge >= 0.3 is 0 Å². The van der Waals surface area contributed by atoms with E-state index in [2.05, 4.69) is 19.2 Å². The van der Waals surface area contributed by atoms with E-state index in [1.54, 1.807) is 36.4 Å². The molecule has 1 saturated heterocycles. The van der Waals surface area contributed by atoms with E-state index in [-0.39, 0.29) is 12.5 Å².